The molecule has 3 N–H and O–H groups in total. The van der Waals surface area contributed by atoms with Crippen molar-refractivity contribution in [1.82, 2.24) is 0 Å². The number of aryl methyl sites for hydroxylation is 1. The molecule has 0 aliphatic heterocycles. The fourth-order valence-electron chi connectivity index (χ4n) is 3.08. The van der Waals surface area contributed by atoms with Crippen molar-refractivity contribution in [3.63, 3.8) is 0 Å². The minimum absolute atomic E-state index is 0.00987. The highest BCUT2D eigenvalue weighted by molar-refractivity contribution is 6.08. The SMILES string of the molecule is CCOc1ccccc1NC(=O)CNc1ccccc1C(=O)Nc1ccc(CC)cc1. The number of rotatable bonds is 9. The molecule has 3 rings (SSSR count). The van der Waals surface area contributed by atoms with Gasteiger partial charge in [-0.1, -0.05) is 43.3 Å². The number of nitrogens with one attached hydrogen (secondary N) is 3. The number of amides is 2. The molecule has 3 aromatic rings. The van der Waals surface area contributed by atoms with E-state index in [0.717, 1.165) is 12.1 Å². The van der Waals surface area contributed by atoms with Crippen molar-refractivity contribution in [3.8, 4) is 5.75 Å². The van der Waals surface area contributed by atoms with Crippen molar-refractivity contribution >= 4 is 28.9 Å². The summed E-state index contributed by atoms with van der Waals surface area (Å²) in [5.74, 6) is 0.138. The molecule has 0 saturated heterocycles. The number of carbonyl (C=O) groups excluding carboxylic acids is 2. The second kappa shape index (κ2) is 10.8. The highest BCUT2D eigenvalue weighted by Crippen LogP contribution is 2.24. The summed E-state index contributed by atoms with van der Waals surface area (Å²) in [7, 11) is 0. The molecule has 2 amide bonds. The van der Waals surface area contributed by atoms with Crippen LogP contribution in [0.4, 0.5) is 17.1 Å². The Bertz CT molecular complexity index is 1030. The first-order chi connectivity index (χ1) is 15.1. The molecule has 0 spiro atoms. The lowest BCUT2D eigenvalue weighted by molar-refractivity contribution is -0.114. The number of ether oxygens (including phenoxy) is 1. The third-order valence-electron chi connectivity index (χ3n) is 4.69. The van der Waals surface area contributed by atoms with Gasteiger partial charge in [-0.3, -0.25) is 9.59 Å². The van der Waals surface area contributed by atoms with E-state index in [-0.39, 0.29) is 18.4 Å². The van der Waals surface area contributed by atoms with Crippen LogP contribution in [-0.2, 0) is 11.2 Å². The number of hydrogen-bond acceptors (Lipinski definition) is 4. The number of hydrogen-bond donors (Lipinski definition) is 3. The van der Waals surface area contributed by atoms with E-state index in [0.29, 0.717) is 29.3 Å². The highest BCUT2D eigenvalue weighted by Gasteiger charge is 2.13. The van der Waals surface area contributed by atoms with E-state index in [2.05, 4.69) is 22.9 Å². The van der Waals surface area contributed by atoms with Gasteiger partial charge in [0.1, 0.15) is 5.75 Å². The van der Waals surface area contributed by atoms with Gasteiger partial charge in [-0.15, -0.1) is 0 Å². The van der Waals surface area contributed by atoms with Crippen LogP contribution in [0.15, 0.2) is 72.8 Å². The number of anilines is 3. The average molecular weight is 418 g/mol. The monoisotopic (exact) mass is 417 g/mol. The maximum Gasteiger partial charge on any atom is 0.257 e. The van der Waals surface area contributed by atoms with Crippen LogP contribution in [0.1, 0.15) is 29.8 Å². The van der Waals surface area contributed by atoms with Crippen molar-refractivity contribution in [2.24, 2.45) is 0 Å². The molecule has 6 heteroatoms. The molecule has 0 fully saturated rings. The highest BCUT2D eigenvalue weighted by atomic mass is 16.5. The van der Waals surface area contributed by atoms with Gasteiger partial charge in [0.05, 0.1) is 24.4 Å². The van der Waals surface area contributed by atoms with Crippen LogP contribution in [0.2, 0.25) is 0 Å². The van der Waals surface area contributed by atoms with Crippen molar-refractivity contribution < 1.29 is 14.3 Å². The molecule has 0 aromatic heterocycles. The molecule has 0 heterocycles. The van der Waals surface area contributed by atoms with Crippen molar-refractivity contribution in [2.45, 2.75) is 20.3 Å². The van der Waals surface area contributed by atoms with Gasteiger partial charge in [-0.05, 0) is 55.3 Å². The zero-order valence-electron chi connectivity index (χ0n) is 17.8. The minimum atomic E-state index is -0.241. The van der Waals surface area contributed by atoms with Crippen LogP contribution in [-0.4, -0.2) is 25.0 Å². The average Bonchev–Trinajstić information content (AvgIpc) is 2.80. The third kappa shape index (κ3) is 6.09. The third-order valence-corrected chi connectivity index (χ3v) is 4.69. The van der Waals surface area contributed by atoms with E-state index < -0.39 is 0 Å². The van der Waals surface area contributed by atoms with Crippen LogP contribution in [0.5, 0.6) is 5.75 Å². The first-order valence-electron chi connectivity index (χ1n) is 10.4. The molecule has 0 radical (unpaired) electrons. The summed E-state index contributed by atoms with van der Waals surface area (Å²) in [5, 5.41) is 8.80. The molecule has 0 unspecified atom stereocenters. The van der Waals surface area contributed by atoms with Crippen molar-refractivity contribution in [3.05, 3.63) is 83.9 Å². The van der Waals surface area contributed by atoms with E-state index in [4.69, 9.17) is 4.74 Å². The minimum Gasteiger partial charge on any atom is -0.492 e. The molecule has 0 atom stereocenters. The Labute approximate surface area is 182 Å². The van der Waals surface area contributed by atoms with Gasteiger partial charge in [0.2, 0.25) is 5.91 Å². The van der Waals surface area contributed by atoms with Crippen molar-refractivity contribution in [2.75, 3.05) is 29.1 Å². The van der Waals surface area contributed by atoms with Gasteiger partial charge in [-0.2, -0.15) is 0 Å². The smallest absolute Gasteiger partial charge is 0.257 e. The molecule has 3 aromatic carbocycles. The summed E-state index contributed by atoms with van der Waals surface area (Å²) >= 11 is 0. The topological polar surface area (TPSA) is 79.5 Å². The summed E-state index contributed by atoms with van der Waals surface area (Å²) in [5.41, 5.74) is 3.58. The van der Waals surface area contributed by atoms with Crippen LogP contribution in [0, 0.1) is 0 Å². The summed E-state index contributed by atoms with van der Waals surface area (Å²) in [6, 6.07) is 22.1. The van der Waals surface area contributed by atoms with Gasteiger partial charge in [0, 0.05) is 11.4 Å². The van der Waals surface area contributed by atoms with Crippen LogP contribution < -0.4 is 20.7 Å². The second-order valence-electron chi connectivity index (χ2n) is 6.88. The molecule has 31 heavy (non-hydrogen) atoms. The quantitative estimate of drug-likeness (QED) is 0.460. The Kier molecular flexibility index (Phi) is 7.65. The van der Waals surface area contributed by atoms with Gasteiger partial charge >= 0.3 is 0 Å². The Morgan fingerprint density at radius 2 is 1.48 bits per heavy atom. The fourth-order valence-corrected chi connectivity index (χ4v) is 3.08. The summed E-state index contributed by atoms with van der Waals surface area (Å²) < 4.78 is 5.53. The second-order valence-corrected chi connectivity index (χ2v) is 6.88. The summed E-state index contributed by atoms with van der Waals surface area (Å²) in [6.07, 6.45) is 0.943. The predicted molar refractivity (Wildman–Crippen MR) is 125 cm³/mol. The lowest BCUT2D eigenvalue weighted by atomic mass is 10.1. The van der Waals surface area contributed by atoms with Crippen LogP contribution >= 0.6 is 0 Å². The summed E-state index contributed by atoms with van der Waals surface area (Å²) in [6.45, 7) is 4.49. The van der Waals surface area contributed by atoms with Gasteiger partial charge in [0.25, 0.3) is 5.91 Å². The Hall–Kier alpha value is -3.80. The van der Waals surface area contributed by atoms with Gasteiger partial charge in [0.15, 0.2) is 0 Å². The van der Waals surface area contributed by atoms with Crippen LogP contribution in [0.3, 0.4) is 0 Å². The molecule has 0 aliphatic rings. The molecule has 160 valence electrons. The van der Waals surface area contributed by atoms with E-state index in [9.17, 15) is 9.59 Å². The van der Waals surface area contributed by atoms with E-state index in [1.54, 1.807) is 30.3 Å². The number of benzene rings is 3. The maximum atomic E-state index is 12.8. The fraction of sp³-hybridized carbons (Fsp3) is 0.200. The largest absolute Gasteiger partial charge is 0.492 e. The lowest BCUT2D eigenvalue weighted by Crippen LogP contribution is -2.23. The molecular weight excluding hydrogens is 390 g/mol. The molecule has 0 bridgehead atoms. The van der Waals surface area contributed by atoms with Gasteiger partial charge < -0.3 is 20.7 Å². The van der Waals surface area contributed by atoms with Gasteiger partial charge in [-0.25, -0.2) is 0 Å². The standard InChI is InChI=1S/C25H27N3O3/c1-3-18-13-15-19(16-14-18)27-25(30)20-9-5-6-10-21(20)26-17-24(29)28-22-11-7-8-12-23(22)31-4-2/h5-16,26H,3-4,17H2,1-2H3,(H,27,30)(H,28,29). The normalized spacial score (nSPS) is 10.3. The molecular formula is C25H27N3O3. The van der Waals surface area contributed by atoms with E-state index in [1.165, 1.54) is 5.56 Å². The lowest BCUT2D eigenvalue weighted by Gasteiger charge is -2.14. The number of carbonyl (C=O) groups is 2. The van der Waals surface area contributed by atoms with E-state index in [1.807, 2.05) is 49.4 Å². The Morgan fingerprint density at radius 3 is 2.19 bits per heavy atom. The molecule has 0 saturated carbocycles. The Balaban J connectivity index is 1.63. The van der Waals surface area contributed by atoms with Crippen LogP contribution in [0.25, 0.3) is 0 Å². The number of para-hydroxylation sites is 3. The molecule has 0 aliphatic carbocycles. The van der Waals surface area contributed by atoms with E-state index >= 15 is 0 Å². The summed E-state index contributed by atoms with van der Waals surface area (Å²) in [4.78, 5) is 25.2. The first-order valence-corrected chi connectivity index (χ1v) is 10.4. The molecule has 6 nitrogen and oxygen atoms in total. The zero-order chi connectivity index (χ0) is 22.1. The first kappa shape index (κ1) is 21.9. The zero-order valence-corrected chi connectivity index (χ0v) is 17.8. The predicted octanol–water partition coefficient (Wildman–Crippen LogP) is 4.95. The maximum absolute atomic E-state index is 12.8. The van der Waals surface area contributed by atoms with Crippen molar-refractivity contribution in [1.29, 1.82) is 0 Å². The Morgan fingerprint density at radius 1 is 0.806 bits per heavy atom.